The zero-order valence-electron chi connectivity index (χ0n) is 13.5. The Morgan fingerprint density at radius 3 is 2.79 bits per heavy atom. The van der Waals surface area contributed by atoms with Crippen LogP contribution in [-0.2, 0) is 6.54 Å². The van der Waals surface area contributed by atoms with Crippen LogP contribution in [-0.4, -0.2) is 11.0 Å². The van der Waals surface area contributed by atoms with E-state index in [9.17, 15) is 9.18 Å². The van der Waals surface area contributed by atoms with E-state index in [1.807, 2.05) is 26.0 Å². The maximum Gasteiger partial charge on any atom is 0.315 e. The molecular formula is C18H18FN3O2. The van der Waals surface area contributed by atoms with E-state index in [-0.39, 0.29) is 17.9 Å². The van der Waals surface area contributed by atoms with Crippen LogP contribution in [0.2, 0.25) is 0 Å². The number of rotatable bonds is 4. The molecule has 3 aromatic rings. The number of hydrogen-bond acceptors (Lipinski definition) is 3. The molecule has 2 N–H and O–H groups in total. The second-order valence-electron chi connectivity index (χ2n) is 5.64. The molecule has 0 fully saturated rings. The van der Waals surface area contributed by atoms with Crippen LogP contribution < -0.4 is 10.6 Å². The minimum absolute atomic E-state index is 0.301. The summed E-state index contributed by atoms with van der Waals surface area (Å²) in [5.41, 5.74) is 2.39. The van der Waals surface area contributed by atoms with E-state index in [0.29, 0.717) is 17.9 Å². The fourth-order valence-corrected chi connectivity index (χ4v) is 2.62. The van der Waals surface area contributed by atoms with Gasteiger partial charge in [0, 0.05) is 29.9 Å². The number of fused-ring (bicyclic) bond motifs is 1. The predicted molar refractivity (Wildman–Crippen MR) is 88.9 cm³/mol. The summed E-state index contributed by atoms with van der Waals surface area (Å²) in [6, 6.07) is 7.42. The lowest BCUT2D eigenvalue weighted by Crippen LogP contribution is -2.36. The van der Waals surface area contributed by atoms with Crippen LogP contribution >= 0.6 is 0 Å². The van der Waals surface area contributed by atoms with Crippen LogP contribution in [0.25, 0.3) is 11.0 Å². The van der Waals surface area contributed by atoms with Crippen molar-refractivity contribution in [1.29, 1.82) is 0 Å². The Balaban J connectivity index is 1.67. The maximum absolute atomic E-state index is 13.4. The number of benzene rings is 1. The molecule has 0 radical (unpaired) electrons. The highest BCUT2D eigenvalue weighted by atomic mass is 19.1. The molecule has 0 saturated carbocycles. The molecule has 2 aromatic heterocycles. The summed E-state index contributed by atoms with van der Waals surface area (Å²) in [5.74, 6) is 0.309. The SMILES string of the molecule is Cc1c(C(C)NC(=O)NCc2ccncc2)oc2ccc(F)cc12. The number of aryl methyl sites for hydroxylation is 1. The summed E-state index contributed by atoms with van der Waals surface area (Å²) in [4.78, 5) is 16.0. The minimum Gasteiger partial charge on any atom is -0.459 e. The molecule has 5 nitrogen and oxygen atoms in total. The monoisotopic (exact) mass is 327 g/mol. The maximum atomic E-state index is 13.4. The zero-order valence-corrected chi connectivity index (χ0v) is 13.5. The van der Waals surface area contributed by atoms with Crippen molar-refractivity contribution < 1.29 is 13.6 Å². The van der Waals surface area contributed by atoms with Crippen LogP contribution in [0.5, 0.6) is 0 Å². The number of aromatic nitrogens is 1. The third-order valence-corrected chi connectivity index (χ3v) is 3.88. The van der Waals surface area contributed by atoms with Crippen molar-refractivity contribution in [1.82, 2.24) is 15.6 Å². The molecule has 24 heavy (non-hydrogen) atoms. The predicted octanol–water partition coefficient (Wildman–Crippen LogP) is 3.84. The highest BCUT2D eigenvalue weighted by molar-refractivity contribution is 5.82. The summed E-state index contributed by atoms with van der Waals surface area (Å²) in [6.07, 6.45) is 3.35. The highest BCUT2D eigenvalue weighted by Gasteiger charge is 2.18. The molecule has 6 heteroatoms. The molecule has 124 valence electrons. The Labute approximate surface area is 138 Å². The minimum atomic E-state index is -0.335. The highest BCUT2D eigenvalue weighted by Crippen LogP contribution is 2.29. The summed E-state index contributed by atoms with van der Waals surface area (Å²) in [5, 5.41) is 6.33. The molecule has 0 spiro atoms. The molecule has 3 rings (SSSR count). The molecule has 1 unspecified atom stereocenters. The van der Waals surface area contributed by atoms with Crippen LogP contribution in [0.4, 0.5) is 9.18 Å². The van der Waals surface area contributed by atoms with Gasteiger partial charge in [-0.05, 0) is 49.7 Å². The number of pyridine rings is 1. The number of nitrogens with one attached hydrogen (secondary N) is 2. The Morgan fingerprint density at radius 1 is 1.29 bits per heavy atom. The lowest BCUT2D eigenvalue weighted by atomic mass is 10.1. The van der Waals surface area contributed by atoms with Gasteiger partial charge in [0.15, 0.2) is 0 Å². The fraction of sp³-hybridized carbons (Fsp3) is 0.222. The van der Waals surface area contributed by atoms with Gasteiger partial charge in [0.05, 0.1) is 6.04 Å². The van der Waals surface area contributed by atoms with Gasteiger partial charge in [0.2, 0.25) is 0 Å². The second-order valence-corrected chi connectivity index (χ2v) is 5.64. The molecule has 0 saturated heterocycles. The normalized spacial score (nSPS) is 12.1. The number of carbonyl (C=O) groups excluding carboxylic acids is 1. The van der Waals surface area contributed by atoms with E-state index in [1.165, 1.54) is 12.1 Å². The molecule has 1 atom stereocenters. The number of carbonyl (C=O) groups is 1. The van der Waals surface area contributed by atoms with E-state index in [0.717, 1.165) is 16.5 Å². The number of halogens is 1. The first-order valence-corrected chi connectivity index (χ1v) is 7.66. The van der Waals surface area contributed by atoms with Crippen molar-refractivity contribution in [3.8, 4) is 0 Å². The summed E-state index contributed by atoms with van der Waals surface area (Å²) >= 11 is 0. The molecular weight excluding hydrogens is 309 g/mol. The van der Waals surface area contributed by atoms with Gasteiger partial charge in [-0.1, -0.05) is 0 Å². The second kappa shape index (κ2) is 6.70. The van der Waals surface area contributed by atoms with Crippen molar-refractivity contribution in [2.75, 3.05) is 0 Å². The summed E-state index contributed by atoms with van der Waals surface area (Å²) < 4.78 is 19.1. The molecule has 2 heterocycles. The van der Waals surface area contributed by atoms with Gasteiger partial charge < -0.3 is 15.1 Å². The first kappa shape index (κ1) is 16.0. The Kier molecular flexibility index (Phi) is 4.46. The zero-order chi connectivity index (χ0) is 17.1. The van der Waals surface area contributed by atoms with Crippen LogP contribution in [0.15, 0.2) is 47.1 Å². The standard InChI is InChI=1S/C18H18FN3O2/c1-11-15-9-14(19)3-4-16(15)24-17(11)12(2)22-18(23)21-10-13-5-7-20-8-6-13/h3-9,12H,10H2,1-2H3,(H2,21,22,23). The van der Waals surface area contributed by atoms with Gasteiger partial charge in [0.25, 0.3) is 0 Å². The van der Waals surface area contributed by atoms with Crippen molar-refractivity contribution in [3.05, 3.63) is 65.4 Å². The van der Waals surface area contributed by atoms with E-state index >= 15 is 0 Å². The Hall–Kier alpha value is -2.89. The van der Waals surface area contributed by atoms with Crippen LogP contribution in [0, 0.1) is 12.7 Å². The average molecular weight is 327 g/mol. The van der Waals surface area contributed by atoms with Crippen molar-refractivity contribution in [2.45, 2.75) is 26.4 Å². The summed E-state index contributed by atoms with van der Waals surface area (Å²) in [6.45, 7) is 4.09. The number of furan rings is 1. The van der Waals surface area contributed by atoms with E-state index in [4.69, 9.17) is 4.42 Å². The molecule has 0 aliphatic rings. The molecule has 2 amide bonds. The smallest absolute Gasteiger partial charge is 0.315 e. The van der Waals surface area contributed by atoms with Gasteiger partial charge in [0.1, 0.15) is 17.2 Å². The van der Waals surface area contributed by atoms with E-state index in [1.54, 1.807) is 18.5 Å². The lowest BCUT2D eigenvalue weighted by molar-refractivity contribution is 0.236. The number of urea groups is 1. The fourth-order valence-electron chi connectivity index (χ4n) is 2.62. The third kappa shape index (κ3) is 3.37. The van der Waals surface area contributed by atoms with Gasteiger partial charge in [-0.25, -0.2) is 9.18 Å². The van der Waals surface area contributed by atoms with Crippen molar-refractivity contribution in [2.24, 2.45) is 0 Å². The number of hydrogen-bond donors (Lipinski definition) is 2. The van der Waals surface area contributed by atoms with Gasteiger partial charge in [-0.3, -0.25) is 4.98 Å². The topological polar surface area (TPSA) is 67.2 Å². The first-order chi connectivity index (χ1) is 11.5. The largest absolute Gasteiger partial charge is 0.459 e. The van der Waals surface area contributed by atoms with E-state index in [2.05, 4.69) is 15.6 Å². The van der Waals surface area contributed by atoms with E-state index < -0.39 is 0 Å². The van der Waals surface area contributed by atoms with Crippen molar-refractivity contribution >= 4 is 17.0 Å². The summed E-state index contributed by atoms with van der Waals surface area (Å²) in [7, 11) is 0. The van der Waals surface area contributed by atoms with Gasteiger partial charge >= 0.3 is 6.03 Å². The van der Waals surface area contributed by atoms with Crippen LogP contribution in [0.1, 0.15) is 29.9 Å². The molecule has 1 aromatic carbocycles. The quantitative estimate of drug-likeness (QED) is 0.765. The average Bonchev–Trinajstić information content (AvgIpc) is 2.90. The third-order valence-electron chi connectivity index (χ3n) is 3.88. The number of amides is 2. The first-order valence-electron chi connectivity index (χ1n) is 7.66. The van der Waals surface area contributed by atoms with Gasteiger partial charge in [-0.2, -0.15) is 0 Å². The molecule has 0 aliphatic heterocycles. The van der Waals surface area contributed by atoms with Crippen molar-refractivity contribution in [3.63, 3.8) is 0 Å². The molecule has 0 bridgehead atoms. The number of nitrogens with zero attached hydrogens (tertiary/aromatic N) is 1. The van der Waals surface area contributed by atoms with Gasteiger partial charge in [-0.15, -0.1) is 0 Å². The Morgan fingerprint density at radius 2 is 2.04 bits per heavy atom. The molecule has 0 aliphatic carbocycles. The van der Waals surface area contributed by atoms with Crippen LogP contribution in [0.3, 0.4) is 0 Å². The Bertz CT molecular complexity index is 861. The lowest BCUT2D eigenvalue weighted by Gasteiger charge is -2.13.